The van der Waals surface area contributed by atoms with Gasteiger partial charge in [-0.25, -0.2) is 0 Å². The molecule has 0 spiro atoms. The molecule has 1 saturated heterocycles. The predicted octanol–water partition coefficient (Wildman–Crippen LogP) is 0.346. The number of carbonyl (C=O) groups excluding carboxylic acids is 1. The molecule has 0 saturated carbocycles. The first kappa shape index (κ1) is 8.53. The van der Waals surface area contributed by atoms with Crippen LogP contribution in [0.15, 0.2) is 0 Å². The Kier molecular flexibility index (Phi) is 2.88. The summed E-state index contributed by atoms with van der Waals surface area (Å²) in [6.45, 7) is 3.25. The maximum atomic E-state index is 11.0. The molecule has 0 bridgehead atoms. The van der Waals surface area contributed by atoms with Gasteiger partial charge in [0, 0.05) is 26.1 Å². The van der Waals surface area contributed by atoms with Gasteiger partial charge in [-0.15, -0.1) is 0 Å². The SMILES string of the molecule is CC(=O)N1CCCC[C@@H](N)C1. The summed E-state index contributed by atoms with van der Waals surface area (Å²) in [5, 5.41) is 0. The summed E-state index contributed by atoms with van der Waals surface area (Å²) >= 11 is 0. The number of carbonyl (C=O) groups is 1. The van der Waals surface area contributed by atoms with Crippen molar-refractivity contribution in [3.8, 4) is 0 Å². The zero-order valence-corrected chi connectivity index (χ0v) is 7.05. The largest absolute Gasteiger partial charge is 0.341 e. The van der Waals surface area contributed by atoms with E-state index in [0.717, 1.165) is 32.4 Å². The Balaban J connectivity index is 2.45. The molecule has 1 atom stereocenters. The molecule has 1 fully saturated rings. The first-order valence-electron chi connectivity index (χ1n) is 4.21. The molecule has 2 N–H and O–H groups in total. The number of likely N-dealkylation sites (tertiary alicyclic amines) is 1. The molecule has 3 nitrogen and oxygen atoms in total. The van der Waals surface area contributed by atoms with Crippen molar-refractivity contribution in [2.24, 2.45) is 5.73 Å². The van der Waals surface area contributed by atoms with Crippen LogP contribution in [0.4, 0.5) is 0 Å². The molecule has 0 unspecified atom stereocenters. The van der Waals surface area contributed by atoms with Crippen molar-refractivity contribution in [3.05, 3.63) is 0 Å². The van der Waals surface area contributed by atoms with Gasteiger partial charge in [0.05, 0.1) is 0 Å². The van der Waals surface area contributed by atoms with E-state index in [1.54, 1.807) is 6.92 Å². The highest BCUT2D eigenvalue weighted by Crippen LogP contribution is 2.08. The van der Waals surface area contributed by atoms with E-state index in [0.29, 0.717) is 0 Å². The second-order valence-electron chi connectivity index (χ2n) is 3.22. The molecule has 1 amide bonds. The highest BCUT2D eigenvalue weighted by atomic mass is 16.2. The summed E-state index contributed by atoms with van der Waals surface area (Å²) < 4.78 is 0. The second kappa shape index (κ2) is 3.72. The minimum Gasteiger partial charge on any atom is -0.341 e. The van der Waals surface area contributed by atoms with E-state index in [9.17, 15) is 4.79 Å². The highest BCUT2D eigenvalue weighted by Gasteiger charge is 2.15. The zero-order chi connectivity index (χ0) is 8.27. The maximum Gasteiger partial charge on any atom is 0.219 e. The molecule has 0 aromatic carbocycles. The van der Waals surface area contributed by atoms with Gasteiger partial charge in [-0.05, 0) is 12.8 Å². The lowest BCUT2D eigenvalue weighted by atomic mass is 10.2. The number of nitrogens with two attached hydrogens (primary N) is 1. The molecule has 1 heterocycles. The van der Waals surface area contributed by atoms with Crippen LogP contribution in [0.5, 0.6) is 0 Å². The van der Waals surface area contributed by atoms with Gasteiger partial charge < -0.3 is 10.6 Å². The first-order valence-corrected chi connectivity index (χ1v) is 4.21. The van der Waals surface area contributed by atoms with Crippen LogP contribution in [-0.4, -0.2) is 29.9 Å². The molecular weight excluding hydrogens is 140 g/mol. The standard InChI is InChI=1S/C8H16N2O/c1-7(11)10-5-3-2-4-8(9)6-10/h8H,2-6,9H2,1H3/t8-/m1/s1. The third kappa shape index (κ3) is 2.50. The molecule has 3 heteroatoms. The fraction of sp³-hybridized carbons (Fsp3) is 0.875. The third-order valence-corrected chi connectivity index (χ3v) is 2.15. The normalized spacial score (nSPS) is 26.4. The Hall–Kier alpha value is -0.570. The Morgan fingerprint density at radius 2 is 2.27 bits per heavy atom. The Labute approximate surface area is 67.5 Å². The van der Waals surface area contributed by atoms with E-state index in [1.807, 2.05) is 4.90 Å². The van der Waals surface area contributed by atoms with Crippen LogP contribution in [0, 0.1) is 0 Å². The second-order valence-corrected chi connectivity index (χ2v) is 3.22. The van der Waals surface area contributed by atoms with Crippen molar-refractivity contribution in [2.45, 2.75) is 32.2 Å². The van der Waals surface area contributed by atoms with Gasteiger partial charge in [0.15, 0.2) is 0 Å². The lowest BCUT2D eigenvalue weighted by Gasteiger charge is -2.20. The summed E-state index contributed by atoms with van der Waals surface area (Å²) in [5.74, 6) is 0.155. The average molecular weight is 156 g/mol. The molecule has 0 aromatic rings. The van der Waals surface area contributed by atoms with E-state index in [2.05, 4.69) is 0 Å². The van der Waals surface area contributed by atoms with Gasteiger partial charge in [-0.1, -0.05) is 6.42 Å². The number of rotatable bonds is 0. The van der Waals surface area contributed by atoms with Gasteiger partial charge >= 0.3 is 0 Å². The highest BCUT2D eigenvalue weighted by molar-refractivity contribution is 5.73. The fourth-order valence-electron chi connectivity index (χ4n) is 1.46. The van der Waals surface area contributed by atoms with Gasteiger partial charge in [0.25, 0.3) is 0 Å². The zero-order valence-electron chi connectivity index (χ0n) is 7.05. The molecule has 0 aromatic heterocycles. The summed E-state index contributed by atoms with van der Waals surface area (Å²) in [6, 6.07) is 0.196. The molecule has 1 rings (SSSR count). The maximum absolute atomic E-state index is 11.0. The summed E-state index contributed by atoms with van der Waals surface area (Å²) in [5.41, 5.74) is 5.77. The molecule has 1 aliphatic heterocycles. The van der Waals surface area contributed by atoms with Crippen LogP contribution in [0.2, 0.25) is 0 Å². The Bertz CT molecular complexity index is 147. The molecule has 11 heavy (non-hydrogen) atoms. The minimum absolute atomic E-state index is 0.155. The smallest absolute Gasteiger partial charge is 0.219 e. The molecule has 0 aliphatic carbocycles. The van der Waals surface area contributed by atoms with Crippen molar-refractivity contribution in [3.63, 3.8) is 0 Å². The van der Waals surface area contributed by atoms with Crippen LogP contribution in [0.1, 0.15) is 26.2 Å². The van der Waals surface area contributed by atoms with Crippen molar-refractivity contribution < 1.29 is 4.79 Å². The van der Waals surface area contributed by atoms with Gasteiger partial charge in [0.2, 0.25) is 5.91 Å². The number of amides is 1. The van der Waals surface area contributed by atoms with E-state index in [4.69, 9.17) is 5.73 Å². The van der Waals surface area contributed by atoms with E-state index >= 15 is 0 Å². The van der Waals surface area contributed by atoms with E-state index in [-0.39, 0.29) is 11.9 Å². The number of hydrogen-bond donors (Lipinski definition) is 1. The predicted molar refractivity (Wildman–Crippen MR) is 44.1 cm³/mol. The first-order chi connectivity index (χ1) is 5.20. The Morgan fingerprint density at radius 3 is 2.91 bits per heavy atom. The quantitative estimate of drug-likeness (QED) is 0.550. The summed E-state index contributed by atoms with van der Waals surface area (Å²) in [7, 11) is 0. The minimum atomic E-state index is 0.155. The van der Waals surface area contributed by atoms with Crippen molar-refractivity contribution in [1.29, 1.82) is 0 Å². The summed E-state index contributed by atoms with van der Waals surface area (Å²) in [4.78, 5) is 12.8. The Morgan fingerprint density at radius 1 is 1.55 bits per heavy atom. The van der Waals surface area contributed by atoms with Crippen LogP contribution in [-0.2, 0) is 4.79 Å². The van der Waals surface area contributed by atoms with Crippen molar-refractivity contribution in [1.82, 2.24) is 4.90 Å². The van der Waals surface area contributed by atoms with E-state index < -0.39 is 0 Å². The van der Waals surface area contributed by atoms with Crippen LogP contribution in [0.3, 0.4) is 0 Å². The third-order valence-electron chi connectivity index (χ3n) is 2.15. The fourth-order valence-corrected chi connectivity index (χ4v) is 1.46. The molecule has 1 aliphatic rings. The number of hydrogen-bond acceptors (Lipinski definition) is 2. The van der Waals surface area contributed by atoms with Crippen molar-refractivity contribution >= 4 is 5.91 Å². The average Bonchev–Trinajstić information content (AvgIpc) is 2.13. The molecular formula is C8H16N2O. The molecule has 64 valence electrons. The lowest BCUT2D eigenvalue weighted by Crippen LogP contribution is -2.38. The molecule has 0 radical (unpaired) electrons. The van der Waals surface area contributed by atoms with Gasteiger partial charge in [-0.3, -0.25) is 4.79 Å². The van der Waals surface area contributed by atoms with Crippen molar-refractivity contribution in [2.75, 3.05) is 13.1 Å². The monoisotopic (exact) mass is 156 g/mol. The lowest BCUT2D eigenvalue weighted by molar-refractivity contribution is -0.128. The van der Waals surface area contributed by atoms with Crippen LogP contribution >= 0.6 is 0 Å². The van der Waals surface area contributed by atoms with E-state index in [1.165, 1.54) is 0 Å². The number of nitrogens with zero attached hydrogens (tertiary/aromatic N) is 1. The van der Waals surface area contributed by atoms with Gasteiger partial charge in [0.1, 0.15) is 0 Å². The van der Waals surface area contributed by atoms with Gasteiger partial charge in [-0.2, -0.15) is 0 Å². The van der Waals surface area contributed by atoms with Crippen LogP contribution < -0.4 is 5.73 Å². The topological polar surface area (TPSA) is 46.3 Å². The summed E-state index contributed by atoms with van der Waals surface area (Å²) in [6.07, 6.45) is 3.32. The van der Waals surface area contributed by atoms with Crippen LogP contribution in [0.25, 0.3) is 0 Å².